The standard InChI is InChI=1S/C15H18F6N4O2S/c1-10(23-24-7-3-2-4-8-24)12-6-5-11(14(16,17)18)9-13(12)25(22)28(26,27)15(19,20)21/h5-6,9H,2-4,7-8,22H2,1H3/b23-10+. The Morgan fingerprint density at radius 3 is 2.18 bits per heavy atom. The van der Waals surface area contributed by atoms with Gasteiger partial charge in [-0.15, -0.1) is 0 Å². The molecule has 0 aliphatic carbocycles. The van der Waals surface area contributed by atoms with Gasteiger partial charge in [-0.3, -0.25) is 5.01 Å². The molecule has 0 atom stereocenters. The summed E-state index contributed by atoms with van der Waals surface area (Å²) in [4.78, 5) is 0. The zero-order valence-electron chi connectivity index (χ0n) is 14.7. The van der Waals surface area contributed by atoms with Gasteiger partial charge in [-0.25, -0.2) is 5.84 Å². The van der Waals surface area contributed by atoms with Gasteiger partial charge in [0.1, 0.15) is 0 Å². The lowest BCUT2D eigenvalue weighted by molar-refractivity contribution is -0.137. The Labute approximate surface area is 157 Å². The molecule has 1 aromatic rings. The maximum atomic E-state index is 13.0. The van der Waals surface area contributed by atoms with E-state index in [1.165, 1.54) is 6.92 Å². The van der Waals surface area contributed by atoms with Crippen molar-refractivity contribution >= 4 is 21.4 Å². The van der Waals surface area contributed by atoms with Gasteiger partial charge in [0, 0.05) is 18.7 Å². The fraction of sp³-hybridized carbons (Fsp3) is 0.533. The number of hydrogen-bond donors (Lipinski definition) is 1. The number of anilines is 1. The summed E-state index contributed by atoms with van der Waals surface area (Å²) in [5.74, 6) is 5.13. The molecule has 0 spiro atoms. The zero-order chi connectivity index (χ0) is 21.3. The molecule has 1 aromatic carbocycles. The molecule has 1 aliphatic heterocycles. The molecule has 2 rings (SSSR count). The summed E-state index contributed by atoms with van der Waals surface area (Å²) in [7, 11) is -6.11. The topological polar surface area (TPSA) is 79.0 Å². The molecular formula is C15H18F6N4O2S. The second-order valence-corrected chi connectivity index (χ2v) is 7.98. The normalized spacial score (nSPS) is 17.0. The Kier molecular flexibility index (Phi) is 6.19. The molecule has 0 bridgehead atoms. The third-order valence-corrected chi connectivity index (χ3v) is 5.43. The van der Waals surface area contributed by atoms with Crippen molar-refractivity contribution in [1.82, 2.24) is 5.01 Å². The highest BCUT2D eigenvalue weighted by atomic mass is 32.2. The number of benzene rings is 1. The van der Waals surface area contributed by atoms with Gasteiger partial charge in [-0.05, 0) is 38.3 Å². The van der Waals surface area contributed by atoms with Crippen molar-refractivity contribution in [3.8, 4) is 0 Å². The molecule has 0 amide bonds. The monoisotopic (exact) mass is 432 g/mol. The Balaban J connectivity index is 2.58. The first-order valence-electron chi connectivity index (χ1n) is 8.13. The molecule has 0 aromatic heterocycles. The van der Waals surface area contributed by atoms with Crippen molar-refractivity contribution in [2.75, 3.05) is 17.5 Å². The second kappa shape index (κ2) is 7.78. The fourth-order valence-electron chi connectivity index (χ4n) is 2.68. The molecule has 158 valence electrons. The minimum absolute atomic E-state index is 0.0402. The van der Waals surface area contributed by atoms with E-state index in [2.05, 4.69) is 5.10 Å². The first-order chi connectivity index (χ1) is 12.7. The SMILES string of the molecule is C/C(=N\N1CCCCC1)c1ccc(C(F)(F)F)cc1N(N)S(=O)(=O)C(F)(F)F. The van der Waals surface area contributed by atoms with Crippen LogP contribution in [0.1, 0.15) is 37.3 Å². The van der Waals surface area contributed by atoms with Gasteiger partial charge in [0.15, 0.2) is 0 Å². The van der Waals surface area contributed by atoms with Crippen LogP contribution in [0.4, 0.5) is 32.0 Å². The van der Waals surface area contributed by atoms with Crippen LogP contribution in [0.5, 0.6) is 0 Å². The van der Waals surface area contributed by atoms with Crippen molar-refractivity contribution in [3.05, 3.63) is 29.3 Å². The van der Waals surface area contributed by atoms with E-state index in [9.17, 15) is 34.8 Å². The number of piperidine rings is 1. The highest BCUT2D eigenvalue weighted by molar-refractivity contribution is 7.93. The highest BCUT2D eigenvalue weighted by Gasteiger charge is 2.50. The third kappa shape index (κ3) is 4.69. The molecule has 1 fully saturated rings. The van der Waals surface area contributed by atoms with Crippen molar-refractivity contribution in [3.63, 3.8) is 0 Å². The van der Waals surface area contributed by atoms with E-state index < -0.39 is 37.4 Å². The van der Waals surface area contributed by atoms with Crippen LogP contribution in [0.15, 0.2) is 23.3 Å². The number of sulfonamides is 1. The molecular weight excluding hydrogens is 414 g/mol. The molecule has 0 unspecified atom stereocenters. The molecule has 1 aliphatic rings. The van der Waals surface area contributed by atoms with Gasteiger partial charge in [-0.2, -0.15) is 44.3 Å². The molecule has 1 heterocycles. The molecule has 0 saturated carbocycles. The van der Waals surface area contributed by atoms with Gasteiger partial charge in [0.05, 0.1) is 17.0 Å². The second-order valence-electron chi connectivity index (χ2n) is 6.18. The number of nitrogens with zero attached hydrogens (tertiary/aromatic N) is 3. The van der Waals surface area contributed by atoms with Crippen LogP contribution in [-0.2, 0) is 16.2 Å². The van der Waals surface area contributed by atoms with Crippen molar-refractivity contribution in [2.45, 2.75) is 37.9 Å². The quantitative estimate of drug-likeness (QED) is 0.342. The molecule has 13 heteroatoms. The number of nitrogens with two attached hydrogens (primary N) is 1. The van der Waals surface area contributed by atoms with Gasteiger partial charge in [0.25, 0.3) is 0 Å². The molecule has 6 nitrogen and oxygen atoms in total. The molecule has 0 radical (unpaired) electrons. The van der Waals surface area contributed by atoms with E-state index in [0.29, 0.717) is 19.2 Å². The van der Waals surface area contributed by atoms with Gasteiger partial charge in [-0.1, -0.05) is 6.07 Å². The number of hydrogen-bond acceptors (Lipinski definition) is 5. The summed E-state index contributed by atoms with van der Waals surface area (Å²) >= 11 is 0. The number of halogens is 6. The average Bonchev–Trinajstić information content (AvgIpc) is 2.59. The van der Waals surface area contributed by atoms with Crippen LogP contribution in [0.25, 0.3) is 0 Å². The van der Waals surface area contributed by atoms with E-state index in [0.717, 1.165) is 25.3 Å². The lowest BCUT2D eigenvalue weighted by Gasteiger charge is -2.26. The lowest BCUT2D eigenvalue weighted by atomic mass is 10.1. The predicted molar refractivity (Wildman–Crippen MR) is 90.7 cm³/mol. The fourth-order valence-corrected chi connectivity index (χ4v) is 3.31. The summed E-state index contributed by atoms with van der Waals surface area (Å²) in [5.41, 5.74) is -8.31. The number of alkyl halides is 6. The van der Waals surface area contributed by atoms with E-state index in [1.54, 1.807) is 5.01 Å². The minimum atomic E-state index is -6.11. The maximum Gasteiger partial charge on any atom is 0.518 e. The maximum absolute atomic E-state index is 13.0. The van der Waals surface area contributed by atoms with Crippen LogP contribution in [-0.4, -0.2) is 37.7 Å². The Hall–Kier alpha value is -2.02. The summed E-state index contributed by atoms with van der Waals surface area (Å²) < 4.78 is 100. The van der Waals surface area contributed by atoms with Gasteiger partial charge < -0.3 is 0 Å². The van der Waals surface area contributed by atoms with Crippen LogP contribution >= 0.6 is 0 Å². The Bertz CT molecular complexity index is 845. The van der Waals surface area contributed by atoms with Crippen molar-refractivity contribution in [1.29, 1.82) is 0 Å². The van der Waals surface area contributed by atoms with Crippen LogP contribution in [0.2, 0.25) is 0 Å². The van der Waals surface area contributed by atoms with E-state index in [-0.39, 0.29) is 17.3 Å². The highest BCUT2D eigenvalue weighted by Crippen LogP contribution is 2.36. The summed E-state index contributed by atoms with van der Waals surface area (Å²) in [6.07, 6.45) is -2.25. The van der Waals surface area contributed by atoms with Crippen molar-refractivity contribution in [2.24, 2.45) is 10.9 Å². The average molecular weight is 432 g/mol. The first-order valence-corrected chi connectivity index (χ1v) is 9.57. The molecule has 2 N–H and O–H groups in total. The molecule has 28 heavy (non-hydrogen) atoms. The first kappa shape index (κ1) is 22.3. The zero-order valence-corrected chi connectivity index (χ0v) is 15.5. The van der Waals surface area contributed by atoms with Gasteiger partial charge in [0.2, 0.25) is 0 Å². The van der Waals surface area contributed by atoms with Gasteiger partial charge >= 0.3 is 21.7 Å². The van der Waals surface area contributed by atoms with Crippen LogP contribution in [0.3, 0.4) is 0 Å². The third-order valence-electron chi connectivity index (χ3n) is 4.13. The number of hydrazine groups is 1. The van der Waals surface area contributed by atoms with Crippen LogP contribution < -0.4 is 10.3 Å². The Morgan fingerprint density at radius 1 is 1.11 bits per heavy atom. The van der Waals surface area contributed by atoms with E-state index in [1.807, 2.05) is 0 Å². The minimum Gasteiger partial charge on any atom is -0.297 e. The van der Waals surface area contributed by atoms with E-state index in [4.69, 9.17) is 5.84 Å². The summed E-state index contributed by atoms with van der Waals surface area (Å²) in [6, 6.07) is 1.74. The largest absolute Gasteiger partial charge is 0.518 e. The summed E-state index contributed by atoms with van der Waals surface area (Å²) in [6.45, 7) is 2.50. The summed E-state index contributed by atoms with van der Waals surface area (Å²) in [5, 5.41) is 5.82. The number of hydrazone groups is 1. The number of rotatable bonds is 4. The lowest BCUT2D eigenvalue weighted by Crippen LogP contribution is -2.46. The Morgan fingerprint density at radius 2 is 1.68 bits per heavy atom. The van der Waals surface area contributed by atoms with Crippen molar-refractivity contribution < 1.29 is 34.8 Å². The van der Waals surface area contributed by atoms with E-state index >= 15 is 0 Å². The predicted octanol–water partition coefficient (Wildman–Crippen LogP) is 3.45. The molecule has 1 saturated heterocycles. The smallest absolute Gasteiger partial charge is 0.297 e. The van der Waals surface area contributed by atoms with Crippen LogP contribution in [0, 0.1) is 0 Å².